The Morgan fingerprint density at radius 1 is 1.35 bits per heavy atom. The van der Waals surface area contributed by atoms with E-state index in [9.17, 15) is 13.6 Å². The van der Waals surface area contributed by atoms with E-state index in [1.165, 1.54) is 12.1 Å². The van der Waals surface area contributed by atoms with E-state index in [4.69, 9.17) is 5.11 Å². The Hall–Kier alpha value is -1.10. The van der Waals surface area contributed by atoms with Crippen molar-refractivity contribution in [3.8, 4) is 0 Å². The maximum absolute atomic E-state index is 13.6. The van der Waals surface area contributed by atoms with Crippen LogP contribution in [0, 0.1) is 11.6 Å². The van der Waals surface area contributed by atoms with Gasteiger partial charge in [0.2, 0.25) is 0 Å². The van der Waals surface area contributed by atoms with Gasteiger partial charge in [-0.05, 0) is 24.0 Å². The average Bonchev–Trinajstić information content (AvgIpc) is 2.14. The van der Waals surface area contributed by atoms with Crippen LogP contribution < -0.4 is 0 Å². The first-order chi connectivity index (χ1) is 7.77. The van der Waals surface area contributed by atoms with Crippen LogP contribution in [0.2, 0.25) is 0 Å². The van der Waals surface area contributed by atoms with E-state index < -0.39 is 23.0 Å². The molecule has 0 heterocycles. The minimum atomic E-state index is -0.996. The van der Waals surface area contributed by atoms with Crippen LogP contribution >= 0.6 is 11.8 Å². The van der Waals surface area contributed by atoms with Crippen LogP contribution in [0.25, 0.3) is 0 Å². The third-order valence-electron chi connectivity index (χ3n) is 2.58. The Balaban J connectivity index is 3.20. The van der Waals surface area contributed by atoms with Crippen molar-refractivity contribution in [3.05, 3.63) is 29.3 Å². The lowest BCUT2D eigenvalue weighted by Crippen LogP contribution is -2.22. The highest BCUT2D eigenvalue weighted by molar-refractivity contribution is 7.98. The molecule has 5 heteroatoms. The summed E-state index contributed by atoms with van der Waals surface area (Å²) in [5, 5.41) is 8.76. The van der Waals surface area contributed by atoms with E-state index in [1.807, 2.05) is 0 Å². The number of thioether (sulfide) groups is 1. The molecule has 1 rings (SSSR count). The maximum Gasteiger partial charge on any atom is 0.304 e. The average molecular weight is 260 g/mol. The Bertz CT molecular complexity index is 421. The predicted octanol–water partition coefficient (Wildman–Crippen LogP) is 3.44. The van der Waals surface area contributed by atoms with Gasteiger partial charge in [0.25, 0.3) is 0 Å². The number of halogens is 2. The molecule has 17 heavy (non-hydrogen) atoms. The summed E-state index contributed by atoms with van der Waals surface area (Å²) in [5.41, 5.74) is -0.447. The zero-order valence-electron chi connectivity index (χ0n) is 9.88. The molecule has 0 saturated carbocycles. The zero-order chi connectivity index (χ0) is 13.2. The second kappa shape index (κ2) is 5.04. The molecule has 1 aromatic carbocycles. The van der Waals surface area contributed by atoms with Crippen molar-refractivity contribution in [1.29, 1.82) is 0 Å². The fourth-order valence-electron chi connectivity index (χ4n) is 1.63. The number of aliphatic carboxylic acids is 1. The molecular weight excluding hydrogens is 246 g/mol. The van der Waals surface area contributed by atoms with Gasteiger partial charge in [0, 0.05) is 5.41 Å². The fourth-order valence-corrected chi connectivity index (χ4v) is 2.13. The SMILES string of the molecule is CSc1c(F)cc(C(C)(C)CC(=O)O)cc1F. The summed E-state index contributed by atoms with van der Waals surface area (Å²) < 4.78 is 27.1. The predicted molar refractivity (Wildman–Crippen MR) is 63.4 cm³/mol. The van der Waals surface area contributed by atoms with Gasteiger partial charge in [-0.1, -0.05) is 13.8 Å². The van der Waals surface area contributed by atoms with Gasteiger partial charge < -0.3 is 5.11 Å². The molecule has 0 saturated heterocycles. The number of benzene rings is 1. The lowest BCUT2D eigenvalue weighted by atomic mass is 9.81. The van der Waals surface area contributed by atoms with E-state index in [0.29, 0.717) is 5.56 Å². The van der Waals surface area contributed by atoms with Crippen LogP contribution in [0.4, 0.5) is 8.78 Å². The van der Waals surface area contributed by atoms with E-state index in [-0.39, 0.29) is 11.3 Å². The van der Waals surface area contributed by atoms with Crippen LogP contribution in [0.3, 0.4) is 0 Å². The van der Waals surface area contributed by atoms with E-state index in [0.717, 1.165) is 11.8 Å². The molecule has 94 valence electrons. The van der Waals surface area contributed by atoms with Crippen molar-refractivity contribution in [2.75, 3.05) is 6.26 Å². The first-order valence-electron chi connectivity index (χ1n) is 5.03. The van der Waals surface area contributed by atoms with Crippen LogP contribution in [0.15, 0.2) is 17.0 Å². The van der Waals surface area contributed by atoms with Crippen LogP contribution in [-0.2, 0) is 10.2 Å². The fraction of sp³-hybridized carbons (Fsp3) is 0.417. The first-order valence-corrected chi connectivity index (χ1v) is 6.25. The summed E-state index contributed by atoms with van der Waals surface area (Å²) in [4.78, 5) is 10.6. The third-order valence-corrected chi connectivity index (χ3v) is 3.38. The second-order valence-electron chi connectivity index (χ2n) is 4.43. The molecule has 2 nitrogen and oxygen atoms in total. The molecule has 0 aromatic heterocycles. The highest BCUT2D eigenvalue weighted by Crippen LogP contribution is 2.32. The zero-order valence-corrected chi connectivity index (χ0v) is 10.7. The Morgan fingerprint density at radius 3 is 2.18 bits per heavy atom. The van der Waals surface area contributed by atoms with Gasteiger partial charge in [-0.2, -0.15) is 0 Å². The molecule has 0 aliphatic carbocycles. The van der Waals surface area contributed by atoms with E-state index in [1.54, 1.807) is 20.1 Å². The summed E-state index contributed by atoms with van der Waals surface area (Å²) >= 11 is 0.989. The lowest BCUT2D eigenvalue weighted by Gasteiger charge is -2.23. The molecule has 0 spiro atoms. The monoisotopic (exact) mass is 260 g/mol. The molecule has 0 radical (unpaired) electrons. The molecule has 0 amide bonds. The van der Waals surface area contributed by atoms with Gasteiger partial charge in [-0.3, -0.25) is 4.79 Å². The number of hydrogen-bond donors (Lipinski definition) is 1. The van der Waals surface area contributed by atoms with Crippen molar-refractivity contribution in [3.63, 3.8) is 0 Å². The summed E-state index contributed by atoms with van der Waals surface area (Å²) in [6.07, 6.45) is 1.41. The molecule has 0 fully saturated rings. The normalized spacial score (nSPS) is 11.6. The molecule has 0 bridgehead atoms. The van der Waals surface area contributed by atoms with Crippen LogP contribution in [0.5, 0.6) is 0 Å². The van der Waals surface area contributed by atoms with Gasteiger partial charge in [0.1, 0.15) is 11.6 Å². The highest BCUT2D eigenvalue weighted by atomic mass is 32.2. The van der Waals surface area contributed by atoms with Gasteiger partial charge in [-0.25, -0.2) is 8.78 Å². The largest absolute Gasteiger partial charge is 0.481 e. The quantitative estimate of drug-likeness (QED) is 0.843. The number of carboxylic acids is 1. The summed E-state index contributed by atoms with van der Waals surface area (Å²) in [6, 6.07) is 2.41. The molecule has 0 atom stereocenters. The first kappa shape index (κ1) is 14.0. The Labute approximate surface area is 103 Å². The summed E-state index contributed by atoms with van der Waals surface area (Å²) in [5.74, 6) is -2.29. The minimum absolute atomic E-state index is 0.0418. The topological polar surface area (TPSA) is 37.3 Å². The second-order valence-corrected chi connectivity index (χ2v) is 5.24. The number of carboxylic acid groups (broad SMARTS) is 1. The van der Waals surface area contributed by atoms with Gasteiger partial charge in [0.15, 0.2) is 0 Å². The summed E-state index contributed by atoms with van der Waals surface area (Å²) in [7, 11) is 0. The van der Waals surface area contributed by atoms with E-state index >= 15 is 0 Å². The van der Waals surface area contributed by atoms with Gasteiger partial charge in [-0.15, -0.1) is 11.8 Å². The number of hydrogen-bond acceptors (Lipinski definition) is 2. The molecule has 1 aromatic rings. The maximum atomic E-state index is 13.6. The lowest BCUT2D eigenvalue weighted by molar-refractivity contribution is -0.138. The summed E-state index contributed by atoms with van der Waals surface area (Å²) in [6.45, 7) is 3.29. The van der Waals surface area contributed by atoms with E-state index in [2.05, 4.69) is 0 Å². The van der Waals surface area contributed by atoms with Crippen molar-refractivity contribution < 1.29 is 18.7 Å². The number of carbonyl (C=O) groups is 1. The van der Waals surface area contributed by atoms with Crippen molar-refractivity contribution in [1.82, 2.24) is 0 Å². The van der Waals surface area contributed by atoms with Crippen molar-refractivity contribution in [2.24, 2.45) is 0 Å². The Kier molecular flexibility index (Phi) is 4.14. The molecular formula is C12H14F2O2S. The van der Waals surface area contributed by atoms with Crippen LogP contribution in [-0.4, -0.2) is 17.3 Å². The number of rotatable bonds is 4. The van der Waals surface area contributed by atoms with Crippen LogP contribution in [0.1, 0.15) is 25.8 Å². The van der Waals surface area contributed by atoms with Crippen molar-refractivity contribution in [2.45, 2.75) is 30.6 Å². The third kappa shape index (κ3) is 3.19. The molecule has 0 unspecified atom stereocenters. The molecule has 0 aliphatic heterocycles. The molecule has 1 N–H and O–H groups in total. The highest BCUT2D eigenvalue weighted by Gasteiger charge is 2.26. The standard InChI is InChI=1S/C12H14F2O2S/c1-12(2,6-10(15)16)7-4-8(13)11(17-3)9(14)5-7/h4-5H,6H2,1-3H3,(H,15,16). The smallest absolute Gasteiger partial charge is 0.304 e. The van der Waals surface area contributed by atoms with Crippen molar-refractivity contribution >= 4 is 17.7 Å². The molecule has 0 aliphatic rings. The minimum Gasteiger partial charge on any atom is -0.481 e. The van der Waals surface area contributed by atoms with Gasteiger partial charge in [0.05, 0.1) is 11.3 Å². The van der Waals surface area contributed by atoms with Gasteiger partial charge >= 0.3 is 5.97 Å². The Morgan fingerprint density at radius 2 is 1.82 bits per heavy atom.